The zero-order valence-corrected chi connectivity index (χ0v) is 26.6. The van der Waals surface area contributed by atoms with Crippen LogP contribution in [0.4, 0.5) is 0 Å². The molecule has 0 heteroatoms. The molecule has 0 saturated heterocycles. The molecule has 0 unspecified atom stereocenters. The van der Waals surface area contributed by atoms with Crippen LogP contribution in [0.25, 0.3) is 77.9 Å². The summed E-state index contributed by atoms with van der Waals surface area (Å²) in [6.45, 7) is 0. The van der Waals surface area contributed by atoms with Crippen molar-refractivity contribution < 1.29 is 0 Å². The Morgan fingerprint density at radius 3 is 0.542 bits per heavy atom. The van der Waals surface area contributed by atoms with E-state index < -0.39 is 0 Å². The largest absolute Gasteiger partial charge is 0.0622 e. The average molecular weight is 610 g/mol. The lowest BCUT2D eigenvalue weighted by atomic mass is 9.95. The van der Waals surface area contributed by atoms with E-state index in [2.05, 4.69) is 194 Å². The number of benzene rings is 8. The lowest BCUT2D eigenvalue weighted by Gasteiger charge is -2.09. The molecule has 0 amide bonds. The molecule has 8 aromatic carbocycles. The van der Waals surface area contributed by atoms with Crippen LogP contribution in [0.3, 0.4) is 0 Å². The van der Waals surface area contributed by atoms with Crippen molar-refractivity contribution in [2.24, 2.45) is 0 Å². The van der Waals surface area contributed by atoms with Crippen molar-refractivity contribution in [3.05, 3.63) is 206 Å². The molecule has 0 aliphatic rings. The Bertz CT molecular complexity index is 2060. The average Bonchev–Trinajstić information content (AvgIpc) is 3.19. The summed E-state index contributed by atoms with van der Waals surface area (Å²) in [5, 5.41) is 0. The third-order valence-corrected chi connectivity index (χ3v) is 9.13. The van der Waals surface area contributed by atoms with Crippen LogP contribution in [0, 0.1) is 6.07 Å². The number of hydrogen-bond acceptors (Lipinski definition) is 0. The van der Waals surface area contributed by atoms with Gasteiger partial charge >= 0.3 is 0 Å². The van der Waals surface area contributed by atoms with E-state index in [0.717, 1.165) is 0 Å². The Kier molecular flexibility index (Phi) is 8.05. The van der Waals surface area contributed by atoms with E-state index in [-0.39, 0.29) is 0 Å². The molecule has 0 bridgehead atoms. The van der Waals surface area contributed by atoms with E-state index in [1.165, 1.54) is 77.9 Å². The molecule has 0 spiro atoms. The summed E-state index contributed by atoms with van der Waals surface area (Å²) in [6, 6.07) is 74.7. The molecule has 1 radical (unpaired) electrons. The summed E-state index contributed by atoms with van der Waals surface area (Å²) in [6.07, 6.45) is 0. The van der Waals surface area contributed by atoms with Crippen molar-refractivity contribution in [2.45, 2.75) is 0 Å². The summed E-state index contributed by atoms with van der Waals surface area (Å²) < 4.78 is 0. The zero-order valence-electron chi connectivity index (χ0n) is 26.6. The van der Waals surface area contributed by atoms with Crippen molar-refractivity contribution in [3.8, 4) is 77.9 Å². The maximum absolute atomic E-state index is 3.09. The molecule has 48 heavy (non-hydrogen) atoms. The molecule has 0 aliphatic heterocycles. The van der Waals surface area contributed by atoms with Gasteiger partial charge in [-0.05, 0) is 84.0 Å². The maximum atomic E-state index is 3.09. The molecule has 0 fully saturated rings. The number of hydrogen-bond donors (Lipinski definition) is 0. The summed E-state index contributed by atoms with van der Waals surface area (Å²) in [7, 11) is 0. The first-order valence-corrected chi connectivity index (χ1v) is 16.4. The van der Waals surface area contributed by atoms with Gasteiger partial charge in [0, 0.05) is 0 Å². The zero-order chi connectivity index (χ0) is 32.1. The van der Waals surface area contributed by atoms with Gasteiger partial charge in [-0.15, -0.1) is 0 Å². The van der Waals surface area contributed by atoms with Crippen LogP contribution in [0.5, 0.6) is 0 Å². The summed E-state index contributed by atoms with van der Waals surface area (Å²) in [4.78, 5) is 0. The van der Waals surface area contributed by atoms with Crippen LogP contribution in [0.1, 0.15) is 0 Å². The molecule has 0 saturated carbocycles. The van der Waals surface area contributed by atoms with Gasteiger partial charge in [-0.25, -0.2) is 0 Å². The molecule has 225 valence electrons. The van der Waals surface area contributed by atoms with Crippen LogP contribution in [0.2, 0.25) is 0 Å². The quantitative estimate of drug-likeness (QED) is 0.169. The highest BCUT2D eigenvalue weighted by Crippen LogP contribution is 2.31. The summed E-state index contributed by atoms with van der Waals surface area (Å²) in [5.74, 6) is 0. The molecule has 0 heterocycles. The first-order valence-electron chi connectivity index (χ1n) is 16.4. The monoisotopic (exact) mass is 609 g/mol. The second-order valence-corrected chi connectivity index (χ2v) is 12.1. The highest BCUT2D eigenvalue weighted by molar-refractivity contribution is 5.77. The van der Waals surface area contributed by atoms with Gasteiger partial charge in [-0.1, -0.05) is 200 Å². The number of rotatable bonds is 7. The SMILES string of the molecule is [c]1ccc(-c2ccc(-c3ccc(-c4ccc(-c5ccc(-c6ccc(-c7ccc(-c8ccccc8)cc7)cc6)cc5)cc4)cc3)cc2)cc1. The van der Waals surface area contributed by atoms with Crippen molar-refractivity contribution in [1.29, 1.82) is 0 Å². The van der Waals surface area contributed by atoms with Gasteiger partial charge < -0.3 is 0 Å². The molecular formula is C48H33. The minimum absolute atomic E-state index is 1.21. The normalized spacial score (nSPS) is 10.9. The predicted octanol–water partition coefficient (Wildman–Crippen LogP) is 13.2. The lowest BCUT2D eigenvalue weighted by molar-refractivity contribution is 1.56. The minimum atomic E-state index is 1.21. The third-order valence-electron chi connectivity index (χ3n) is 9.13. The first-order chi connectivity index (χ1) is 23.8. The van der Waals surface area contributed by atoms with Gasteiger partial charge in [0.05, 0.1) is 0 Å². The molecular weight excluding hydrogens is 577 g/mol. The highest BCUT2D eigenvalue weighted by atomic mass is 14.1. The van der Waals surface area contributed by atoms with E-state index in [0.29, 0.717) is 0 Å². The minimum Gasteiger partial charge on any atom is -0.0622 e. The van der Waals surface area contributed by atoms with Crippen molar-refractivity contribution in [3.63, 3.8) is 0 Å². The van der Waals surface area contributed by atoms with Crippen LogP contribution in [-0.2, 0) is 0 Å². The second-order valence-electron chi connectivity index (χ2n) is 12.1. The van der Waals surface area contributed by atoms with Gasteiger partial charge in [-0.3, -0.25) is 0 Å². The van der Waals surface area contributed by atoms with Crippen LogP contribution in [0.15, 0.2) is 200 Å². The lowest BCUT2D eigenvalue weighted by Crippen LogP contribution is -1.84. The fourth-order valence-corrected chi connectivity index (χ4v) is 6.34. The van der Waals surface area contributed by atoms with E-state index in [4.69, 9.17) is 0 Å². The van der Waals surface area contributed by atoms with Gasteiger partial charge in [-0.2, -0.15) is 0 Å². The van der Waals surface area contributed by atoms with Gasteiger partial charge in [0.1, 0.15) is 0 Å². The fraction of sp³-hybridized carbons (Fsp3) is 0. The van der Waals surface area contributed by atoms with Crippen LogP contribution >= 0.6 is 0 Å². The Morgan fingerprint density at radius 1 is 0.167 bits per heavy atom. The molecule has 0 aliphatic carbocycles. The van der Waals surface area contributed by atoms with Crippen molar-refractivity contribution in [2.75, 3.05) is 0 Å². The van der Waals surface area contributed by atoms with E-state index in [1.807, 2.05) is 12.1 Å². The molecule has 8 aromatic rings. The predicted molar refractivity (Wildman–Crippen MR) is 203 cm³/mol. The Balaban J connectivity index is 0.921. The molecule has 0 N–H and O–H groups in total. The first kappa shape index (κ1) is 29.2. The summed E-state index contributed by atoms with van der Waals surface area (Å²) >= 11 is 0. The maximum Gasteiger partial charge on any atom is -0.0184 e. The third kappa shape index (κ3) is 6.25. The van der Waals surface area contributed by atoms with Crippen LogP contribution in [-0.4, -0.2) is 0 Å². The fourth-order valence-electron chi connectivity index (χ4n) is 6.34. The molecule has 0 nitrogen and oxygen atoms in total. The summed E-state index contributed by atoms with van der Waals surface area (Å²) in [5.41, 5.74) is 17.1. The molecule has 0 aromatic heterocycles. The van der Waals surface area contributed by atoms with Crippen molar-refractivity contribution >= 4 is 0 Å². The highest BCUT2D eigenvalue weighted by Gasteiger charge is 2.06. The van der Waals surface area contributed by atoms with Gasteiger partial charge in [0.15, 0.2) is 0 Å². The van der Waals surface area contributed by atoms with E-state index in [1.54, 1.807) is 0 Å². The van der Waals surface area contributed by atoms with Crippen molar-refractivity contribution in [1.82, 2.24) is 0 Å². The van der Waals surface area contributed by atoms with E-state index >= 15 is 0 Å². The Labute approximate surface area is 283 Å². The van der Waals surface area contributed by atoms with E-state index in [9.17, 15) is 0 Å². The second kappa shape index (κ2) is 13.2. The molecule has 8 rings (SSSR count). The van der Waals surface area contributed by atoms with Gasteiger partial charge in [0.2, 0.25) is 0 Å². The van der Waals surface area contributed by atoms with Crippen LogP contribution < -0.4 is 0 Å². The standard InChI is InChI=1S/C48H33/c1-3-7-35(8-4-1)37-11-15-39(16-12-37)41-19-23-43(24-20-41)45-27-31-47(32-28-45)48-33-29-46(30-34-48)44-25-21-42(22-26-44)40-17-13-38(14-18-40)36-9-5-2-6-10-36/h1,3-34H. The molecule has 0 atom stereocenters. The Hall–Kier alpha value is -6.24. The van der Waals surface area contributed by atoms with Gasteiger partial charge in [0.25, 0.3) is 0 Å². The smallest absolute Gasteiger partial charge is 0.0184 e. The topological polar surface area (TPSA) is 0 Å². The Morgan fingerprint density at radius 2 is 0.333 bits per heavy atom.